The van der Waals surface area contributed by atoms with E-state index in [1.165, 1.54) is 0 Å². The van der Waals surface area contributed by atoms with Gasteiger partial charge in [0.2, 0.25) is 5.91 Å². The van der Waals surface area contributed by atoms with Crippen LogP contribution in [0.3, 0.4) is 0 Å². The number of amides is 1. The average molecular weight is 171 g/mol. The molecule has 1 fully saturated rings. The lowest BCUT2D eigenvalue weighted by atomic mass is 10.1. The number of rotatable bonds is 4. The van der Waals surface area contributed by atoms with Gasteiger partial charge in [-0.2, -0.15) is 0 Å². The van der Waals surface area contributed by atoms with Gasteiger partial charge in [0, 0.05) is 12.5 Å². The Morgan fingerprint density at radius 3 is 2.92 bits per heavy atom. The second-order valence-corrected chi connectivity index (χ2v) is 3.42. The normalized spacial score (nSPS) is 29.0. The molecule has 1 aliphatic rings. The molecule has 1 amide bonds. The first kappa shape index (κ1) is 9.52. The third-order valence-corrected chi connectivity index (χ3v) is 2.10. The minimum atomic E-state index is 0.167. The summed E-state index contributed by atoms with van der Waals surface area (Å²) in [7, 11) is 0. The first-order valence-electron chi connectivity index (χ1n) is 4.62. The maximum Gasteiger partial charge on any atom is 0.223 e. The maximum atomic E-state index is 11.1. The van der Waals surface area contributed by atoms with E-state index in [4.69, 9.17) is 4.74 Å². The van der Waals surface area contributed by atoms with Gasteiger partial charge in [-0.3, -0.25) is 4.79 Å². The Bertz CT molecular complexity index is 159. The van der Waals surface area contributed by atoms with Crippen molar-refractivity contribution in [3.05, 3.63) is 0 Å². The molecule has 0 aliphatic carbocycles. The zero-order chi connectivity index (χ0) is 8.97. The molecule has 0 spiro atoms. The van der Waals surface area contributed by atoms with Crippen LogP contribution in [-0.4, -0.2) is 25.2 Å². The van der Waals surface area contributed by atoms with Crippen molar-refractivity contribution in [3.8, 4) is 0 Å². The van der Waals surface area contributed by atoms with Gasteiger partial charge in [0.25, 0.3) is 0 Å². The van der Waals surface area contributed by atoms with Crippen molar-refractivity contribution in [2.24, 2.45) is 5.92 Å². The lowest BCUT2D eigenvalue weighted by Gasteiger charge is -2.09. The van der Waals surface area contributed by atoms with Crippen LogP contribution in [0.2, 0.25) is 0 Å². The van der Waals surface area contributed by atoms with Gasteiger partial charge in [-0.15, -0.1) is 0 Å². The Hall–Kier alpha value is -0.570. The Labute approximate surface area is 73.5 Å². The monoisotopic (exact) mass is 171 g/mol. The fraction of sp³-hybridized carbons (Fsp3) is 0.889. The Morgan fingerprint density at radius 2 is 2.42 bits per heavy atom. The average Bonchev–Trinajstić information content (AvgIpc) is 2.32. The number of hydrogen-bond donors (Lipinski definition) is 1. The second-order valence-electron chi connectivity index (χ2n) is 3.42. The summed E-state index contributed by atoms with van der Waals surface area (Å²) in [5.74, 6) is 0.334. The number of ether oxygens (including phenoxy) is 1. The van der Waals surface area contributed by atoms with Crippen LogP contribution in [0.5, 0.6) is 0 Å². The highest BCUT2D eigenvalue weighted by Gasteiger charge is 2.27. The summed E-state index contributed by atoms with van der Waals surface area (Å²) in [5, 5.41) is 2.90. The zero-order valence-electron chi connectivity index (χ0n) is 7.80. The highest BCUT2D eigenvalue weighted by atomic mass is 16.5. The molecule has 1 aliphatic heterocycles. The first-order valence-corrected chi connectivity index (χ1v) is 4.62. The van der Waals surface area contributed by atoms with E-state index in [0.29, 0.717) is 6.61 Å². The van der Waals surface area contributed by atoms with E-state index in [2.05, 4.69) is 12.2 Å². The van der Waals surface area contributed by atoms with Gasteiger partial charge >= 0.3 is 0 Å². The van der Waals surface area contributed by atoms with Crippen molar-refractivity contribution in [2.75, 3.05) is 13.2 Å². The molecule has 1 saturated heterocycles. The van der Waals surface area contributed by atoms with E-state index in [0.717, 1.165) is 19.4 Å². The number of carbonyl (C=O) groups is 1. The van der Waals surface area contributed by atoms with Gasteiger partial charge in [-0.05, 0) is 12.8 Å². The third-order valence-electron chi connectivity index (χ3n) is 2.10. The lowest BCUT2D eigenvalue weighted by Crippen LogP contribution is -2.30. The predicted molar refractivity (Wildman–Crippen MR) is 46.8 cm³/mol. The Morgan fingerprint density at radius 1 is 1.67 bits per heavy atom. The van der Waals surface area contributed by atoms with Crippen LogP contribution < -0.4 is 5.32 Å². The summed E-state index contributed by atoms with van der Waals surface area (Å²) in [4.78, 5) is 11.1. The van der Waals surface area contributed by atoms with Gasteiger partial charge in [0.05, 0.1) is 12.6 Å². The minimum Gasteiger partial charge on any atom is -0.379 e. The highest BCUT2D eigenvalue weighted by molar-refractivity contribution is 5.80. The van der Waals surface area contributed by atoms with E-state index in [9.17, 15) is 4.79 Å². The van der Waals surface area contributed by atoms with E-state index in [1.807, 2.05) is 6.92 Å². The zero-order valence-corrected chi connectivity index (χ0v) is 7.80. The molecule has 2 atom stereocenters. The molecule has 1 N–H and O–H groups in total. The number of carbonyl (C=O) groups excluding carboxylic acids is 1. The summed E-state index contributed by atoms with van der Waals surface area (Å²) in [6, 6.07) is 0.249. The fourth-order valence-corrected chi connectivity index (χ4v) is 1.42. The number of hydrogen-bond acceptors (Lipinski definition) is 2. The molecule has 0 saturated carbocycles. The number of nitrogens with one attached hydrogen (secondary N) is 1. The smallest absolute Gasteiger partial charge is 0.223 e. The van der Waals surface area contributed by atoms with Crippen LogP contribution in [0, 0.1) is 5.92 Å². The van der Waals surface area contributed by atoms with Crippen LogP contribution >= 0.6 is 0 Å². The van der Waals surface area contributed by atoms with E-state index in [1.54, 1.807) is 0 Å². The van der Waals surface area contributed by atoms with Gasteiger partial charge in [-0.25, -0.2) is 0 Å². The van der Waals surface area contributed by atoms with E-state index >= 15 is 0 Å². The van der Waals surface area contributed by atoms with Crippen molar-refractivity contribution >= 4 is 5.91 Å². The molecular formula is C9H17NO2. The summed E-state index contributed by atoms with van der Waals surface area (Å²) >= 11 is 0. The van der Waals surface area contributed by atoms with Gasteiger partial charge in [0.15, 0.2) is 0 Å². The Kier molecular flexibility index (Phi) is 3.53. The second kappa shape index (κ2) is 4.45. The summed E-state index contributed by atoms with van der Waals surface area (Å²) in [5.41, 5.74) is 0. The lowest BCUT2D eigenvalue weighted by molar-refractivity contribution is -0.122. The molecule has 0 bridgehead atoms. The molecule has 0 aromatic carbocycles. The van der Waals surface area contributed by atoms with Crippen molar-refractivity contribution in [1.82, 2.24) is 5.32 Å². The van der Waals surface area contributed by atoms with Crippen LogP contribution in [-0.2, 0) is 9.53 Å². The van der Waals surface area contributed by atoms with Crippen molar-refractivity contribution in [1.29, 1.82) is 0 Å². The molecule has 1 heterocycles. The van der Waals surface area contributed by atoms with Crippen molar-refractivity contribution in [2.45, 2.75) is 32.7 Å². The molecule has 3 nitrogen and oxygen atoms in total. The molecule has 0 aromatic heterocycles. The van der Waals surface area contributed by atoms with Crippen molar-refractivity contribution in [3.63, 3.8) is 0 Å². The summed E-state index contributed by atoms with van der Waals surface area (Å²) in [6.45, 7) is 5.50. The van der Waals surface area contributed by atoms with E-state index in [-0.39, 0.29) is 17.9 Å². The first-order chi connectivity index (χ1) is 5.74. The quantitative estimate of drug-likeness (QED) is 0.639. The van der Waals surface area contributed by atoms with Crippen LogP contribution in [0.15, 0.2) is 0 Å². The highest BCUT2D eigenvalue weighted by Crippen LogP contribution is 2.14. The molecular weight excluding hydrogens is 154 g/mol. The van der Waals surface area contributed by atoms with Crippen LogP contribution in [0.4, 0.5) is 0 Å². The van der Waals surface area contributed by atoms with Gasteiger partial charge in [0.1, 0.15) is 0 Å². The van der Waals surface area contributed by atoms with Crippen LogP contribution in [0.1, 0.15) is 26.7 Å². The summed E-state index contributed by atoms with van der Waals surface area (Å²) < 4.78 is 5.35. The topological polar surface area (TPSA) is 38.3 Å². The third kappa shape index (κ3) is 2.48. The Balaban J connectivity index is 2.14. The molecule has 0 aromatic rings. The molecule has 70 valence electrons. The van der Waals surface area contributed by atoms with Gasteiger partial charge < -0.3 is 10.1 Å². The molecule has 3 heteroatoms. The van der Waals surface area contributed by atoms with Crippen molar-refractivity contribution < 1.29 is 9.53 Å². The SMILES string of the molecule is CCCOCC1CC(C)C(=O)N1. The van der Waals surface area contributed by atoms with E-state index < -0.39 is 0 Å². The largest absolute Gasteiger partial charge is 0.379 e. The standard InChI is InChI=1S/C9H17NO2/c1-3-4-12-6-8-5-7(2)9(11)10-8/h7-8H,3-6H2,1-2H3,(H,10,11). The fourth-order valence-electron chi connectivity index (χ4n) is 1.42. The molecule has 2 unspecified atom stereocenters. The molecule has 0 radical (unpaired) electrons. The van der Waals surface area contributed by atoms with Crippen LogP contribution in [0.25, 0.3) is 0 Å². The molecule has 12 heavy (non-hydrogen) atoms. The molecule has 1 rings (SSSR count). The minimum absolute atomic E-state index is 0.167. The maximum absolute atomic E-state index is 11.1. The van der Waals surface area contributed by atoms with Gasteiger partial charge in [-0.1, -0.05) is 13.8 Å². The predicted octanol–water partition coefficient (Wildman–Crippen LogP) is 0.938. The summed E-state index contributed by atoms with van der Waals surface area (Å²) in [6.07, 6.45) is 1.96.